The van der Waals surface area contributed by atoms with Crippen molar-refractivity contribution in [1.82, 2.24) is 0 Å². The number of nitrogens with two attached hydrogens (primary N) is 1. The van der Waals surface area contributed by atoms with Crippen LogP contribution >= 0.6 is 15.9 Å². The van der Waals surface area contributed by atoms with Gasteiger partial charge in [-0.2, -0.15) is 0 Å². The third-order valence-electron chi connectivity index (χ3n) is 1.69. The molecule has 0 aliphatic heterocycles. The van der Waals surface area contributed by atoms with Crippen molar-refractivity contribution in [2.45, 2.75) is 19.4 Å². The molecule has 0 bridgehead atoms. The molecule has 1 unspecified atom stereocenters. The molecule has 1 atom stereocenters. The first-order valence-electron chi connectivity index (χ1n) is 3.93. The highest BCUT2D eigenvalue weighted by molar-refractivity contribution is 9.10. The molecular formula is C9H11BrFNO. The number of phenols is 1. The number of aromatic hydroxyl groups is 1. The van der Waals surface area contributed by atoms with E-state index in [0.717, 1.165) is 0 Å². The van der Waals surface area contributed by atoms with Gasteiger partial charge < -0.3 is 10.8 Å². The van der Waals surface area contributed by atoms with Gasteiger partial charge >= 0.3 is 0 Å². The Hall–Kier alpha value is -0.610. The van der Waals surface area contributed by atoms with Gasteiger partial charge in [-0.05, 0) is 40.9 Å². The van der Waals surface area contributed by atoms with Crippen LogP contribution in [0, 0.1) is 5.82 Å². The third kappa shape index (κ3) is 2.42. The Balaban J connectivity index is 3.04. The van der Waals surface area contributed by atoms with Gasteiger partial charge in [0.1, 0.15) is 11.6 Å². The van der Waals surface area contributed by atoms with Crippen LogP contribution in [0.15, 0.2) is 16.6 Å². The zero-order valence-corrected chi connectivity index (χ0v) is 8.81. The van der Waals surface area contributed by atoms with Crippen LogP contribution in [-0.4, -0.2) is 11.1 Å². The van der Waals surface area contributed by atoms with Gasteiger partial charge in [0.05, 0.1) is 4.47 Å². The number of rotatable bonds is 2. The highest BCUT2D eigenvalue weighted by Crippen LogP contribution is 2.30. The summed E-state index contributed by atoms with van der Waals surface area (Å²) < 4.78 is 13.0. The molecule has 0 aliphatic carbocycles. The van der Waals surface area contributed by atoms with Crippen molar-refractivity contribution in [2.75, 3.05) is 0 Å². The maximum atomic E-state index is 12.9. The molecule has 0 saturated heterocycles. The Kier molecular flexibility index (Phi) is 3.27. The van der Waals surface area contributed by atoms with Crippen molar-refractivity contribution in [3.63, 3.8) is 0 Å². The van der Waals surface area contributed by atoms with Crippen LogP contribution in [0.25, 0.3) is 0 Å². The average Bonchev–Trinajstić information content (AvgIpc) is 2.06. The Bertz CT molecular complexity index is 315. The molecule has 13 heavy (non-hydrogen) atoms. The summed E-state index contributed by atoms with van der Waals surface area (Å²) in [5, 5.41) is 9.48. The molecule has 0 aromatic heterocycles. The summed E-state index contributed by atoms with van der Waals surface area (Å²) >= 11 is 2.95. The zero-order chi connectivity index (χ0) is 10.0. The molecule has 0 spiro atoms. The van der Waals surface area contributed by atoms with Crippen LogP contribution in [0.1, 0.15) is 12.5 Å². The van der Waals surface area contributed by atoms with E-state index in [4.69, 9.17) is 5.73 Å². The van der Waals surface area contributed by atoms with Crippen molar-refractivity contribution in [2.24, 2.45) is 5.73 Å². The molecule has 4 heteroatoms. The first-order valence-corrected chi connectivity index (χ1v) is 4.73. The number of halogens is 2. The van der Waals surface area contributed by atoms with Gasteiger partial charge in [-0.15, -0.1) is 0 Å². The van der Waals surface area contributed by atoms with E-state index in [9.17, 15) is 9.50 Å². The molecule has 2 nitrogen and oxygen atoms in total. The summed E-state index contributed by atoms with van der Waals surface area (Å²) in [6, 6.07) is 2.79. The van der Waals surface area contributed by atoms with Crippen molar-refractivity contribution in [1.29, 1.82) is 0 Å². The normalized spacial score (nSPS) is 12.9. The largest absolute Gasteiger partial charge is 0.506 e. The smallest absolute Gasteiger partial charge is 0.141 e. The lowest BCUT2D eigenvalue weighted by atomic mass is 10.1. The van der Waals surface area contributed by atoms with Crippen LogP contribution in [0.4, 0.5) is 4.39 Å². The molecule has 1 aromatic rings. The van der Waals surface area contributed by atoms with Crippen LogP contribution in [0.3, 0.4) is 0 Å². The van der Waals surface area contributed by atoms with Gasteiger partial charge in [0, 0.05) is 6.04 Å². The number of phenolic OH excluding ortho intramolecular Hbond substituents is 1. The van der Waals surface area contributed by atoms with Crippen molar-refractivity contribution < 1.29 is 9.50 Å². The minimum absolute atomic E-state index is 0.0525. The summed E-state index contributed by atoms with van der Waals surface area (Å²) in [6.07, 6.45) is 0.532. The van der Waals surface area contributed by atoms with Crippen LogP contribution in [0.5, 0.6) is 5.75 Å². The fourth-order valence-corrected chi connectivity index (χ4v) is 1.48. The van der Waals surface area contributed by atoms with E-state index in [2.05, 4.69) is 15.9 Å². The molecule has 1 rings (SSSR count). The third-order valence-corrected chi connectivity index (χ3v) is 2.45. The first kappa shape index (κ1) is 10.5. The van der Waals surface area contributed by atoms with E-state index in [1.165, 1.54) is 6.07 Å². The second-order valence-electron chi connectivity index (χ2n) is 3.05. The van der Waals surface area contributed by atoms with Gasteiger partial charge in [0.15, 0.2) is 0 Å². The average molecular weight is 248 g/mol. The molecule has 0 radical (unpaired) electrons. The van der Waals surface area contributed by atoms with E-state index in [0.29, 0.717) is 12.0 Å². The minimum Gasteiger partial charge on any atom is -0.506 e. The molecule has 0 aliphatic rings. The van der Waals surface area contributed by atoms with Gasteiger partial charge in [-0.1, -0.05) is 6.07 Å². The number of benzene rings is 1. The highest BCUT2D eigenvalue weighted by Gasteiger charge is 2.10. The highest BCUT2D eigenvalue weighted by atomic mass is 79.9. The summed E-state index contributed by atoms with van der Waals surface area (Å²) in [7, 11) is 0. The predicted molar refractivity (Wildman–Crippen MR) is 53.1 cm³/mol. The van der Waals surface area contributed by atoms with Gasteiger partial charge in [0.2, 0.25) is 0 Å². The maximum Gasteiger partial charge on any atom is 0.141 e. The van der Waals surface area contributed by atoms with E-state index in [1.807, 2.05) is 6.92 Å². The standard InChI is InChI=1S/C9H11BrFNO/c1-5(12)4-6-2-3-7(11)8(10)9(6)13/h2-3,5,13H,4,12H2,1H3. The van der Waals surface area contributed by atoms with E-state index >= 15 is 0 Å². The monoisotopic (exact) mass is 247 g/mol. The fourth-order valence-electron chi connectivity index (χ4n) is 1.09. The topological polar surface area (TPSA) is 46.2 Å². The molecular weight excluding hydrogens is 237 g/mol. The van der Waals surface area contributed by atoms with Crippen molar-refractivity contribution in [3.8, 4) is 5.75 Å². The summed E-state index contributed by atoms with van der Waals surface area (Å²) in [5.41, 5.74) is 6.22. The fraction of sp³-hybridized carbons (Fsp3) is 0.333. The van der Waals surface area contributed by atoms with Crippen molar-refractivity contribution >= 4 is 15.9 Å². The van der Waals surface area contributed by atoms with E-state index in [-0.39, 0.29) is 16.3 Å². The number of hydrogen-bond donors (Lipinski definition) is 2. The Morgan fingerprint density at radius 3 is 2.77 bits per heavy atom. The maximum absolute atomic E-state index is 12.9. The van der Waals surface area contributed by atoms with Crippen LogP contribution < -0.4 is 5.73 Å². The van der Waals surface area contributed by atoms with Gasteiger partial charge in [0.25, 0.3) is 0 Å². The molecule has 0 fully saturated rings. The summed E-state index contributed by atoms with van der Waals surface area (Å²) in [4.78, 5) is 0. The summed E-state index contributed by atoms with van der Waals surface area (Å²) in [5.74, 6) is -0.525. The van der Waals surface area contributed by atoms with Crippen LogP contribution in [0.2, 0.25) is 0 Å². The van der Waals surface area contributed by atoms with Gasteiger partial charge in [-0.25, -0.2) is 4.39 Å². The lowest BCUT2D eigenvalue weighted by molar-refractivity contribution is 0.454. The molecule has 0 saturated carbocycles. The lowest BCUT2D eigenvalue weighted by Crippen LogP contribution is -2.17. The van der Waals surface area contributed by atoms with Crippen molar-refractivity contribution in [3.05, 3.63) is 28.0 Å². The quantitative estimate of drug-likeness (QED) is 0.842. The summed E-state index contributed by atoms with van der Waals surface area (Å²) in [6.45, 7) is 1.83. The zero-order valence-electron chi connectivity index (χ0n) is 7.22. The molecule has 0 heterocycles. The second-order valence-corrected chi connectivity index (χ2v) is 3.84. The Morgan fingerprint density at radius 2 is 2.23 bits per heavy atom. The molecule has 0 amide bonds. The predicted octanol–water partition coefficient (Wildman–Crippen LogP) is 2.18. The molecule has 3 N–H and O–H groups in total. The second kappa shape index (κ2) is 4.07. The van der Waals surface area contributed by atoms with Gasteiger partial charge in [-0.3, -0.25) is 0 Å². The number of hydrogen-bond acceptors (Lipinski definition) is 2. The van der Waals surface area contributed by atoms with E-state index in [1.54, 1.807) is 6.07 Å². The molecule has 72 valence electrons. The first-order chi connectivity index (χ1) is 6.02. The molecule has 1 aromatic carbocycles. The lowest BCUT2D eigenvalue weighted by Gasteiger charge is -2.08. The van der Waals surface area contributed by atoms with Crippen LogP contribution in [-0.2, 0) is 6.42 Å². The Labute approximate surface area is 84.7 Å². The minimum atomic E-state index is -0.467. The Morgan fingerprint density at radius 1 is 1.62 bits per heavy atom. The van der Waals surface area contributed by atoms with E-state index < -0.39 is 5.82 Å². The SMILES string of the molecule is CC(N)Cc1ccc(F)c(Br)c1O.